The molecule has 2 N–H and O–H groups in total. The Morgan fingerprint density at radius 1 is 1.35 bits per heavy atom. The number of hydrogen-bond acceptors (Lipinski definition) is 3. The van der Waals surface area contributed by atoms with Gasteiger partial charge in [-0.1, -0.05) is 12.8 Å². The normalized spacial score (nSPS) is 30.6. The van der Waals surface area contributed by atoms with E-state index in [1.54, 1.807) is 6.20 Å². The van der Waals surface area contributed by atoms with Gasteiger partial charge in [-0.25, -0.2) is 0 Å². The molecule has 0 aromatic carbocycles. The Morgan fingerprint density at radius 3 is 2.95 bits per heavy atom. The molecular weight excluding hydrogens is 254 g/mol. The summed E-state index contributed by atoms with van der Waals surface area (Å²) in [5.41, 5.74) is 0.866. The monoisotopic (exact) mass is 277 g/mol. The molecule has 2 fully saturated rings. The molecule has 2 heterocycles. The maximum Gasteiger partial charge on any atom is 0.228 e. The smallest absolute Gasteiger partial charge is 0.228 e. The van der Waals surface area contributed by atoms with Crippen LogP contribution < -0.4 is 0 Å². The standard InChI is InChI=1S/C15H23N3O2/c19-14-6-2-1-4-12(14)13-5-3-9-18(13)15(20)10-11-7-8-16-17-11/h7-8,12-14,19H,1-6,9-10H2,(H,16,17)/t12-,13+,14-/m0/s1. The zero-order valence-electron chi connectivity index (χ0n) is 11.8. The maximum absolute atomic E-state index is 12.5. The molecule has 5 heteroatoms. The lowest BCUT2D eigenvalue weighted by atomic mass is 9.80. The summed E-state index contributed by atoms with van der Waals surface area (Å²) in [6.07, 6.45) is 8.18. The van der Waals surface area contributed by atoms with Crippen molar-refractivity contribution in [2.24, 2.45) is 5.92 Å². The first-order valence-electron chi connectivity index (χ1n) is 7.71. The average Bonchev–Trinajstić information content (AvgIpc) is 3.09. The minimum atomic E-state index is -0.227. The number of nitrogens with zero attached hydrogens (tertiary/aromatic N) is 2. The number of aromatic amines is 1. The molecule has 0 spiro atoms. The summed E-state index contributed by atoms with van der Waals surface area (Å²) in [5, 5.41) is 17.0. The number of aliphatic hydroxyl groups is 1. The van der Waals surface area contributed by atoms with Gasteiger partial charge in [0.05, 0.1) is 12.5 Å². The number of likely N-dealkylation sites (tertiary alicyclic amines) is 1. The maximum atomic E-state index is 12.5. The van der Waals surface area contributed by atoms with Gasteiger partial charge in [0.15, 0.2) is 0 Å². The van der Waals surface area contributed by atoms with E-state index in [2.05, 4.69) is 10.2 Å². The van der Waals surface area contributed by atoms with Gasteiger partial charge in [0.1, 0.15) is 0 Å². The van der Waals surface area contributed by atoms with Crippen molar-refractivity contribution in [3.63, 3.8) is 0 Å². The number of H-pyrrole nitrogens is 1. The van der Waals surface area contributed by atoms with E-state index in [-0.39, 0.29) is 24.0 Å². The SMILES string of the molecule is O=C(Cc1ccn[nH]1)N1CCC[C@@H]1[C@@H]1CCCC[C@@H]1O. The van der Waals surface area contributed by atoms with Gasteiger partial charge in [-0.2, -0.15) is 5.10 Å². The molecule has 1 aromatic heterocycles. The highest BCUT2D eigenvalue weighted by Crippen LogP contribution is 2.34. The van der Waals surface area contributed by atoms with Crippen molar-refractivity contribution in [1.29, 1.82) is 0 Å². The Morgan fingerprint density at radius 2 is 2.20 bits per heavy atom. The number of carbonyl (C=O) groups excluding carboxylic acids is 1. The van der Waals surface area contributed by atoms with E-state index in [1.165, 1.54) is 6.42 Å². The topological polar surface area (TPSA) is 69.2 Å². The number of rotatable bonds is 3. The summed E-state index contributed by atoms with van der Waals surface area (Å²) in [6.45, 7) is 0.834. The van der Waals surface area contributed by atoms with Crippen LogP contribution >= 0.6 is 0 Å². The van der Waals surface area contributed by atoms with E-state index in [0.717, 1.165) is 44.3 Å². The fourth-order valence-corrected chi connectivity index (χ4v) is 3.78. The van der Waals surface area contributed by atoms with Crippen molar-refractivity contribution >= 4 is 5.91 Å². The van der Waals surface area contributed by atoms with Crippen molar-refractivity contribution in [3.05, 3.63) is 18.0 Å². The number of carbonyl (C=O) groups is 1. The minimum absolute atomic E-state index is 0.162. The Bertz CT molecular complexity index is 446. The van der Waals surface area contributed by atoms with Crippen molar-refractivity contribution in [2.75, 3.05) is 6.54 Å². The third kappa shape index (κ3) is 2.73. The molecule has 0 unspecified atom stereocenters. The van der Waals surface area contributed by atoms with E-state index in [9.17, 15) is 9.90 Å². The molecule has 0 bridgehead atoms. The molecule has 110 valence electrons. The molecule has 3 rings (SSSR count). The minimum Gasteiger partial charge on any atom is -0.393 e. The van der Waals surface area contributed by atoms with E-state index < -0.39 is 0 Å². The molecule has 1 saturated carbocycles. The van der Waals surface area contributed by atoms with Gasteiger partial charge in [0, 0.05) is 30.4 Å². The van der Waals surface area contributed by atoms with Gasteiger partial charge in [-0.15, -0.1) is 0 Å². The Hall–Kier alpha value is -1.36. The van der Waals surface area contributed by atoms with Gasteiger partial charge < -0.3 is 10.0 Å². The van der Waals surface area contributed by atoms with Crippen LogP contribution in [0.5, 0.6) is 0 Å². The highest BCUT2D eigenvalue weighted by Gasteiger charge is 2.38. The van der Waals surface area contributed by atoms with Crippen molar-refractivity contribution in [1.82, 2.24) is 15.1 Å². The van der Waals surface area contributed by atoms with E-state index in [0.29, 0.717) is 6.42 Å². The molecule has 1 aliphatic heterocycles. The molecule has 1 aromatic rings. The van der Waals surface area contributed by atoms with Crippen LogP contribution in [0, 0.1) is 5.92 Å². The molecule has 20 heavy (non-hydrogen) atoms. The third-order valence-corrected chi connectivity index (χ3v) is 4.80. The summed E-state index contributed by atoms with van der Waals surface area (Å²) >= 11 is 0. The van der Waals surface area contributed by atoms with E-state index in [1.807, 2.05) is 11.0 Å². The summed E-state index contributed by atoms with van der Waals surface area (Å²) < 4.78 is 0. The van der Waals surface area contributed by atoms with Gasteiger partial charge >= 0.3 is 0 Å². The van der Waals surface area contributed by atoms with Crippen LogP contribution in [0.25, 0.3) is 0 Å². The van der Waals surface area contributed by atoms with Crippen LogP contribution in [0.1, 0.15) is 44.2 Å². The zero-order valence-corrected chi connectivity index (χ0v) is 11.8. The predicted molar refractivity (Wildman–Crippen MR) is 75.0 cm³/mol. The van der Waals surface area contributed by atoms with Crippen LogP contribution in [0.3, 0.4) is 0 Å². The highest BCUT2D eigenvalue weighted by atomic mass is 16.3. The number of hydrogen-bond donors (Lipinski definition) is 2. The van der Waals surface area contributed by atoms with Crippen molar-refractivity contribution < 1.29 is 9.90 Å². The molecule has 5 nitrogen and oxygen atoms in total. The molecule has 3 atom stereocenters. The lowest BCUT2D eigenvalue weighted by molar-refractivity contribution is -0.133. The fourth-order valence-electron chi connectivity index (χ4n) is 3.78. The van der Waals surface area contributed by atoms with Crippen LogP contribution in [-0.4, -0.2) is 44.8 Å². The van der Waals surface area contributed by atoms with Crippen LogP contribution in [0.2, 0.25) is 0 Å². The summed E-state index contributed by atoms with van der Waals surface area (Å²) in [5.74, 6) is 0.437. The Kier molecular flexibility index (Phi) is 4.05. The Labute approximate surface area is 119 Å². The van der Waals surface area contributed by atoms with Gasteiger partial charge in [-0.05, 0) is 31.7 Å². The summed E-state index contributed by atoms with van der Waals surface area (Å²) in [7, 11) is 0. The summed E-state index contributed by atoms with van der Waals surface area (Å²) in [6, 6.07) is 2.08. The average molecular weight is 277 g/mol. The van der Waals surface area contributed by atoms with E-state index in [4.69, 9.17) is 0 Å². The molecule has 0 radical (unpaired) electrons. The number of amides is 1. The lowest BCUT2D eigenvalue weighted by Gasteiger charge is -2.37. The van der Waals surface area contributed by atoms with Crippen LogP contribution in [0.15, 0.2) is 12.3 Å². The first-order valence-corrected chi connectivity index (χ1v) is 7.71. The largest absolute Gasteiger partial charge is 0.393 e. The second kappa shape index (κ2) is 5.95. The quantitative estimate of drug-likeness (QED) is 0.879. The third-order valence-electron chi connectivity index (χ3n) is 4.80. The van der Waals surface area contributed by atoms with Crippen LogP contribution in [0.4, 0.5) is 0 Å². The van der Waals surface area contributed by atoms with Gasteiger partial charge in [-0.3, -0.25) is 9.89 Å². The van der Waals surface area contributed by atoms with Crippen molar-refractivity contribution in [3.8, 4) is 0 Å². The number of aromatic nitrogens is 2. The second-order valence-corrected chi connectivity index (χ2v) is 6.07. The second-order valence-electron chi connectivity index (χ2n) is 6.07. The molecule has 1 aliphatic carbocycles. The first-order chi connectivity index (χ1) is 9.75. The highest BCUT2D eigenvalue weighted by molar-refractivity contribution is 5.79. The molecule has 1 amide bonds. The van der Waals surface area contributed by atoms with Gasteiger partial charge in [0.2, 0.25) is 5.91 Å². The fraction of sp³-hybridized carbons (Fsp3) is 0.733. The number of aliphatic hydroxyl groups excluding tert-OH is 1. The first kappa shape index (κ1) is 13.6. The van der Waals surface area contributed by atoms with Gasteiger partial charge in [0.25, 0.3) is 0 Å². The van der Waals surface area contributed by atoms with Crippen LogP contribution in [-0.2, 0) is 11.2 Å². The number of nitrogens with one attached hydrogen (secondary N) is 1. The molecule has 1 saturated heterocycles. The molecular formula is C15H23N3O2. The predicted octanol–water partition coefficient (Wildman–Crippen LogP) is 1.49. The zero-order chi connectivity index (χ0) is 13.9. The molecule has 2 aliphatic rings. The summed E-state index contributed by atoms with van der Waals surface area (Å²) in [4.78, 5) is 14.5. The Balaban J connectivity index is 1.66. The van der Waals surface area contributed by atoms with Crippen molar-refractivity contribution in [2.45, 2.75) is 57.1 Å². The lowest BCUT2D eigenvalue weighted by Crippen LogP contribution is -2.45. The van der Waals surface area contributed by atoms with E-state index >= 15 is 0 Å².